The summed E-state index contributed by atoms with van der Waals surface area (Å²) in [4.78, 5) is 26.5. The zero-order valence-electron chi connectivity index (χ0n) is 20.1. The van der Waals surface area contributed by atoms with Gasteiger partial charge in [0, 0.05) is 28.6 Å². The van der Waals surface area contributed by atoms with E-state index in [9.17, 15) is 14.7 Å². The molecule has 0 aliphatic carbocycles. The van der Waals surface area contributed by atoms with Crippen molar-refractivity contribution in [2.45, 2.75) is 25.4 Å². The Morgan fingerprint density at radius 1 is 0.919 bits per heavy atom. The number of amides is 1. The molecule has 37 heavy (non-hydrogen) atoms. The summed E-state index contributed by atoms with van der Waals surface area (Å²) in [7, 11) is 0. The predicted octanol–water partition coefficient (Wildman–Crippen LogP) is 6.22. The lowest BCUT2D eigenvalue weighted by molar-refractivity contribution is 0.0537. The van der Waals surface area contributed by atoms with Crippen molar-refractivity contribution in [3.63, 3.8) is 0 Å². The van der Waals surface area contributed by atoms with Crippen LogP contribution in [0, 0.1) is 0 Å². The van der Waals surface area contributed by atoms with Gasteiger partial charge in [-0.15, -0.1) is 0 Å². The van der Waals surface area contributed by atoms with Gasteiger partial charge in [0.25, 0.3) is 5.91 Å². The third-order valence-electron chi connectivity index (χ3n) is 5.85. The SMILES string of the molecule is O=C(O)c1cc(OC2CCCN(C(=O)c3cccc(Cl)c3)C2)ccc1OCCCOc1ccc(Cl)cc1. The van der Waals surface area contributed by atoms with Crippen molar-refractivity contribution in [2.24, 2.45) is 0 Å². The van der Waals surface area contributed by atoms with E-state index >= 15 is 0 Å². The van der Waals surface area contributed by atoms with Crippen LogP contribution in [-0.2, 0) is 0 Å². The molecule has 1 saturated heterocycles. The van der Waals surface area contributed by atoms with Gasteiger partial charge in [-0.25, -0.2) is 4.79 Å². The van der Waals surface area contributed by atoms with E-state index in [-0.39, 0.29) is 29.9 Å². The molecule has 1 unspecified atom stereocenters. The molecule has 3 aromatic carbocycles. The highest BCUT2D eigenvalue weighted by Crippen LogP contribution is 2.27. The van der Waals surface area contributed by atoms with Gasteiger partial charge in [-0.2, -0.15) is 0 Å². The first-order chi connectivity index (χ1) is 17.9. The number of rotatable bonds is 10. The van der Waals surface area contributed by atoms with Gasteiger partial charge in [0.1, 0.15) is 28.9 Å². The lowest BCUT2D eigenvalue weighted by atomic mass is 10.1. The zero-order valence-corrected chi connectivity index (χ0v) is 21.6. The number of benzene rings is 3. The average molecular weight is 544 g/mol. The van der Waals surface area contributed by atoms with Gasteiger partial charge in [0.05, 0.1) is 19.8 Å². The fourth-order valence-electron chi connectivity index (χ4n) is 4.05. The molecule has 4 rings (SSSR count). The van der Waals surface area contributed by atoms with Crippen molar-refractivity contribution in [1.29, 1.82) is 0 Å². The Morgan fingerprint density at radius 3 is 2.43 bits per heavy atom. The van der Waals surface area contributed by atoms with E-state index in [1.165, 1.54) is 6.07 Å². The molecule has 9 heteroatoms. The fraction of sp³-hybridized carbons (Fsp3) is 0.286. The number of hydrogen-bond acceptors (Lipinski definition) is 5. The second-order valence-electron chi connectivity index (χ2n) is 8.61. The van der Waals surface area contributed by atoms with Crippen molar-refractivity contribution in [2.75, 3.05) is 26.3 Å². The van der Waals surface area contributed by atoms with Crippen LogP contribution in [0.1, 0.15) is 40.0 Å². The second kappa shape index (κ2) is 12.7. The smallest absolute Gasteiger partial charge is 0.339 e. The molecule has 1 aliphatic rings. The standard InChI is InChI=1S/C28H27Cl2NO6/c29-20-7-9-22(10-8-20)35-14-3-15-36-26-12-11-23(17-25(26)28(33)34)37-24-6-2-13-31(18-24)27(32)19-4-1-5-21(30)16-19/h1,4-5,7-12,16-17,24H,2-3,6,13-15,18H2,(H,33,34). The van der Waals surface area contributed by atoms with Crippen LogP contribution >= 0.6 is 23.2 Å². The average Bonchev–Trinajstić information content (AvgIpc) is 2.90. The number of carbonyl (C=O) groups is 2. The number of halogens is 2. The maximum absolute atomic E-state index is 12.9. The quantitative estimate of drug-likeness (QED) is 0.305. The highest BCUT2D eigenvalue weighted by molar-refractivity contribution is 6.31. The number of carbonyl (C=O) groups excluding carboxylic acids is 1. The Kier molecular flexibility index (Phi) is 9.14. The summed E-state index contributed by atoms with van der Waals surface area (Å²) in [6, 6.07) is 18.7. The van der Waals surface area contributed by atoms with Crippen LogP contribution in [0.2, 0.25) is 10.0 Å². The van der Waals surface area contributed by atoms with E-state index < -0.39 is 5.97 Å². The van der Waals surface area contributed by atoms with E-state index in [4.69, 9.17) is 37.4 Å². The molecule has 7 nitrogen and oxygen atoms in total. The maximum atomic E-state index is 12.9. The lowest BCUT2D eigenvalue weighted by Gasteiger charge is -2.33. The highest BCUT2D eigenvalue weighted by atomic mass is 35.5. The molecule has 1 amide bonds. The van der Waals surface area contributed by atoms with Crippen LogP contribution < -0.4 is 14.2 Å². The number of nitrogens with zero attached hydrogens (tertiary/aromatic N) is 1. The summed E-state index contributed by atoms with van der Waals surface area (Å²) in [5, 5.41) is 10.8. The van der Waals surface area contributed by atoms with Crippen molar-refractivity contribution in [1.82, 2.24) is 4.90 Å². The molecule has 1 aliphatic heterocycles. The van der Waals surface area contributed by atoms with Gasteiger partial charge < -0.3 is 24.2 Å². The topological polar surface area (TPSA) is 85.3 Å². The number of piperidine rings is 1. The van der Waals surface area contributed by atoms with Gasteiger partial charge >= 0.3 is 5.97 Å². The molecule has 0 saturated carbocycles. The van der Waals surface area contributed by atoms with Crippen molar-refractivity contribution >= 4 is 35.1 Å². The summed E-state index contributed by atoms with van der Waals surface area (Å²) < 4.78 is 17.4. The third-order valence-corrected chi connectivity index (χ3v) is 6.34. The Balaban J connectivity index is 1.31. The molecule has 0 bridgehead atoms. The minimum atomic E-state index is -1.11. The Morgan fingerprint density at radius 2 is 1.68 bits per heavy atom. The van der Waals surface area contributed by atoms with Gasteiger partial charge in [-0.3, -0.25) is 4.79 Å². The van der Waals surface area contributed by atoms with Crippen molar-refractivity contribution < 1.29 is 28.9 Å². The van der Waals surface area contributed by atoms with Crippen molar-refractivity contribution in [3.05, 3.63) is 87.9 Å². The van der Waals surface area contributed by atoms with Crippen LogP contribution in [0.4, 0.5) is 0 Å². The number of carboxylic acid groups (broad SMARTS) is 1. The minimum Gasteiger partial charge on any atom is -0.493 e. The first-order valence-corrected chi connectivity index (χ1v) is 12.7. The predicted molar refractivity (Wildman–Crippen MR) is 141 cm³/mol. The highest BCUT2D eigenvalue weighted by Gasteiger charge is 2.26. The molecule has 0 spiro atoms. The fourth-order valence-corrected chi connectivity index (χ4v) is 4.37. The number of likely N-dealkylation sites (tertiary alicyclic amines) is 1. The monoisotopic (exact) mass is 543 g/mol. The Hall–Kier alpha value is -3.42. The number of carboxylic acids is 1. The Labute approximate surface area is 225 Å². The van der Waals surface area contributed by atoms with Crippen LogP contribution in [0.5, 0.6) is 17.2 Å². The van der Waals surface area contributed by atoms with Gasteiger partial charge in [-0.1, -0.05) is 29.3 Å². The normalized spacial score (nSPS) is 15.2. The van der Waals surface area contributed by atoms with Crippen LogP contribution in [0.25, 0.3) is 0 Å². The molecule has 1 N–H and O–H groups in total. The minimum absolute atomic E-state index is 0.0128. The first-order valence-electron chi connectivity index (χ1n) is 12.0. The summed E-state index contributed by atoms with van der Waals surface area (Å²) >= 11 is 11.9. The van der Waals surface area contributed by atoms with Gasteiger partial charge in [0.2, 0.25) is 0 Å². The molecular weight excluding hydrogens is 517 g/mol. The summed E-state index contributed by atoms with van der Waals surface area (Å²) in [5.74, 6) is 0.156. The molecular formula is C28H27Cl2NO6. The van der Waals surface area contributed by atoms with E-state index in [0.29, 0.717) is 53.2 Å². The van der Waals surface area contributed by atoms with Gasteiger partial charge in [-0.05, 0) is 73.5 Å². The number of hydrogen-bond donors (Lipinski definition) is 1. The second-order valence-corrected chi connectivity index (χ2v) is 9.48. The first kappa shape index (κ1) is 26.6. The van der Waals surface area contributed by atoms with Gasteiger partial charge in [0.15, 0.2) is 0 Å². The van der Waals surface area contributed by atoms with Crippen molar-refractivity contribution in [3.8, 4) is 17.2 Å². The summed E-state index contributed by atoms with van der Waals surface area (Å²) in [5.41, 5.74) is 0.542. The molecule has 3 aromatic rings. The third kappa shape index (κ3) is 7.54. The van der Waals surface area contributed by atoms with Crippen LogP contribution in [0.3, 0.4) is 0 Å². The largest absolute Gasteiger partial charge is 0.493 e. The number of aromatic carboxylic acids is 1. The summed E-state index contributed by atoms with van der Waals surface area (Å²) in [6.07, 6.45) is 1.85. The Bertz CT molecular complexity index is 1230. The summed E-state index contributed by atoms with van der Waals surface area (Å²) in [6.45, 7) is 1.73. The molecule has 194 valence electrons. The molecule has 0 aromatic heterocycles. The van der Waals surface area contributed by atoms with E-state index in [0.717, 1.165) is 12.8 Å². The zero-order chi connectivity index (χ0) is 26.2. The molecule has 0 radical (unpaired) electrons. The maximum Gasteiger partial charge on any atom is 0.339 e. The van der Waals surface area contributed by atoms with E-state index in [2.05, 4.69) is 0 Å². The molecule has 1 heterocycles. The number of ether oxygens (including phenoxy) is 3. The van der Waals surface area contributed by atoms with E-state index in [1.807, 2.05) is 0 Å². The molecule has 1 fully saturated rings. The molecule has 1 atom stereocenters. The lowest BCUT2D eigenvalue weighted by Crippen LogP contribution is -2.44. The van der Waals surface area contributed by atoms with Crippen LogP contribution in [-0.4, -0.2) is 54.3 Å². The van der Waals surface area contributed by atoms with E-state index in [1.54, 1.807) is 65.6 Å². The van der Waals surface area contributed by atoms with Crippen LogP contribution in [0.15, 0.2) is 66.7 Å².